The first-order chi connectivity index (χ1) is 19.0. The van der Waals surface area contributed by atoms with Gasteiger partial charge in [-0.15, -0.1) is 0 Å². The number of aliphatic carboxylic acids is 1. The van der Waals surface area contributed by atoms with Crippen LogP contribution in [0.4, 0.5) is 5.69 Å². The highest BCUT2D eigenvalue weighted by molar-refractivity contribution is 5.95. The first kappa shape index (κ1) is 27.8. The van der Waals surface area contributed by atoms with E-state index in [0.717, 1.165) is 47.5 Å². The minimum absolute atomic E-state index is 0.142. The number of ether oxygens (including phenoxy) is 1. The molecule has 2 aromatic carbocycles. The van der Waals surface area contributed by atoms with E-state index in [-0.39, 0.29) is 5.91 Å². The van der Waals surface area contributed by atoms with Gasteiger partial charge in [0.2, 0.25) is 0 Å². The van der Waals surface area contributed by atoms with Crippen LogP contribution in [0.5, 0.6) is 0 Å². The van der Waals surface area contributed by atoms with Gasteiger partial charge in [-0.1, -0.05) is 42.5 Å². The van der Waals surface area contributed by atoms with Crippen molar-refractivity contribution in [1.82, 2.24) is 10.3 Å². The van der Waals surface area contributed by atoms with Gasteiger partial charge < -0.3 is 20.1 Å². The molecule has 7 nitrogen and oxygen atoms in total. The second-order valence-electron chi connectivity index (χ2n) is 12.1. The lowest BCUT2D eigenvalue weighted by molar-refractivity contribution is -0.160. The number of piperidine rings is 1. The number of pyridine rings is 1. The number of amides is 1. The summed E-state index contributed by atoms with van der Waals surface area (Å²) in [6, 6.07) is 17.7. The van der Waals surface area contributed by atoms with Gasteiger partial charge in [-0.05, 0) is 83.1 Å². The molecule has 2 N–H and O–H groups in total. The lowest BCUT2D eigenvalue weighted by Crippen LogP contribution is -2.36. The van der Waals surface area contributed by atoms with Crippen LogP contribution in [0, 0.1) is 19.8 Å². The highest BCUT2D eigenvalue weighted by atomic mass is 16.5. The molecular formula is C33H39N3O4. The van der Waals surface area contributed by atoms with Gasteiger partial charge >= 0.3 is 5.97 Å². The summed E-state index contributed by atoms with van der Waals surface area (Å²) in [4.78, 5) is 32.8. The average molecular weight is 542 g/mol. The Morgan fingerprint density at radius 2 is 1.75 bits per heavy atom. The van der Waals surface area contributed by atoms with Crippen molar-refractivity contribution in [2.24, 2.45) is 5.92 Å². The van der Waals surface area contributed by atoms with Gasteiger partial charge in [-0.25, -0.2) is 4.79 Å². The molecule has 0 radical (unpaired) electrons. The average Bonchev–Trinajstić information content (AvgIpc) is 3.54. The Labute approximate surface area is 236 Å². The van der Waals surface area contributed by atoms with Crippen molar-refractivity contribution in [2.45, 2.75) is 78.2 Å². The Bertz CT molecular complexity index is 1400. The number of fused-ring (bicyclic) bond motifs is 2. The third kappa shape index (κ3) is 5.75. The van der Waals surface area contributed by atoms with Gasteiger partial charge in [0.15, 0.2) is 6.10 Å². The van der Waals surface area contributed by atoms with Crippen LogP contribution >= 0.6 is 0 Å². The van der Waals surface area contributed by atoms with Crippen LogP contribution in [0.25, 0.3) is 11.1 Å². The predicted molar refractivity (Wildman–Crippen MR) is 156 cm³/mol. The number of carbonyl (C=O) groups is 2. The quantitative estimate of drug-likeness (QED) is 0.352. The van der Waals surface area contributed by atoms with E-state index in [1.165, 1.54) is 6.42 Å². The fourth-order valence-corrected chi connectivity index (χ4v) is 6.26. The van der Waals surface area contributed by atoms with E-state index < -0.39 is 17.7 Å². The van der Waals surface area contributed by atoms with Gasteiger partial charge in [-0.2, -0.15) is 0 Å². The molecular weight excluding hydrogens is 502 g/mol. The molecule has 7 heteroatoms. The molecule has 1 aliphatic heterocycles. The Morgan fingerprint density at radius 3 is 2.33 bits per heavy atom. The molecule has 1 saturated heterocycles. The van der Waals surface area contributed by atoms with E-state index in [9.17, 15) is 14.7 Å². The van der Waals surface area contributed by atoms with E-state index in [4.69, 9.17) is 9.72 Å². The van der Waals surface area contributed by atoms with Gasteiger partial charge in [0.25, 0.3) is 5.91 Å². The third-order valence-electron chi connectivity index (χ3n) is 7.96. The second-order valence-corrected chi connectivity index (χ2v) is 12.1. The van der Waals surface area contributed by atoms with Gasteiger partial charge in [-0.3, -0.25) is 9.78 Å². The SMILES string of the molecule is Cc1nc(C)c(C(OC(C)(C)C)C(=O)O)c(N2CC3CCC2C3)c1-c1ccc(C(=O)NCc2ccccc2)cc1. The van der Waals surface area contributed by atoms with Crippen LogP contribution in [0.2, 0.25) is 0 Å². The number of nitrogens with zero attached hydrogens (tertiary/aromatic N) is 2. The van der Waals surface area contributed by atoms with Crippen molar-refractivity contribution in [2.75, 3.05) is 11.4 Å². The summed E-state index contributed by atoms with van der Waals surface area (Å²) in [6.07, 6.45) is 2.28. The van der Waals surface area contributed by atoms with Crippen LogP contribution < -0.4 is 10.2 Å². The van der Waals surface area contributed by atoms with E-state index in [1.54, 1.807) is 0 Å². The molecule has 3 atom stereocenters. The maximum absolute atomic E-state index is 12.9. The Hall–Kier alpha value is -3.71. The zero-order valence-electron chi connectivity index (χ0n) is 24.0. The van der Waals surface area contributed by atoms with Crippen molar-refractivity contribution >= 4 is 17.6 Å². The smallest absolute Gasteiger partial charge is 0.337 e. The molecule has 40 heavy (non-hydrogen) atoms. The lowest BCUT2D eigenvalue weighted by Gasteiger charge is -2.36. The van der Waals surface area contributed by atoms with Crippen LogP contribution in [-0.4, -0.2) is 40.2 Å². The van der Waals surface area contributed by atoms with Crippen LogP contribution in [0.1, 0.15) is 79.0 Å². The Kier molecular flexibility index (Phi) is 7.69. The number of nitrogens with one attached hydrogen (secondary N) is 1. The van der Waals surface area contributed by atoms with Crippen LogP contribution in [0.15, 0.2) is 54.6 Å². The number of rotatable bonds is 8. The molecule has 1 aliphatic carbocycles. The van der Waals surface area contributed by atoms with Crippen molar-refractivity contribution in [1.29, 1.82) is 0 Å². The third-order valence-corrected chi connectivity index (χ3v) is 7.96. The molecule has 2 heterocycles. The number of hydrogen-bond acceptors (Lipinski definition) is 5. The second kappa shape index (κ2) is 11.0. The molecule has 210 valence electrons. The summed E-state index contributed by atoms with van der Waals surface area (Å²) >= 11 is 0. The van der Waals surface area contributed by atoms with E-state index >= 15 is 0 Å². The van der Waals surface area contributed by atoms with Crippen LogP contribution in [-0.2, 0) is 16.1 Å². The number of anilines is 1. The Balaban J connectivity index is 1.55. The molecule has 3 unspecified atom stereocenters. The monoisotopic (exact) mass is 541 g/mol. The zero-order valence-corrected chi connectivity index (χ0v) is 24.0. The van der Waals surface area contributed by atoms with Crippen molar-refractivity contribution in [3.05, 3.63) is 82.7 Å². The summed E-state index contributed by atoms with van der Waals surface area (Å²) in [5, 5.41) is 13.3. The zero-order chi connectivity index (χ0) is 28.6. The standard InChI is InChI=1S/C33H39N3O4/c1-20-27(24-12-14-25(15-13-24)31(37)34-18-22-9-7-6-8-10-22)29(36-19-23-11-16-26(36)17-23)28(21(2)35-20)30(32(38)39)40-33(3,4)5/h6-10,12-15,23,26,30H,11,16-19H2,1-5H3,(H,34,37)(H,38,39). The van der Waals surface area contributed by atoms with Gasteiger partial charge in [0, 0.05) is 47.2 Å². The number of hydrogen-bond donors (Lipinski definition) is 2. The fourth-order valence-electron chi connectivity index (χ4n) is 6.26. The molecule has 2 fully saturated rings. The predicted octanol–water partition coefficient (Wildman–Crippen LogP) is 6.22. The Morgan fingerprint density at radius 1 is 1.05 bits per heavy atom. The fraction of sp³-hybridized carbons (Fsp3) is 0.424. The summed E-state index contributed by atoms with van der Waals surface area (Å²) in [5.41, 5.74) is 5.81. The molecule has 3 aromatic rings. The molecule has 2 aliphatic rings. The minimum atomic E-state index is -1.15. The van der Waals surface area contributed by atoms with Crippen molar-refractivity contribution < 1.29 is 19.4 Å². The molecule has 1 saturated carbocycles. The topological polar surface area (TPSA) is 91.8 Å². The van der Waals surface area contributed by atoms with Gasteiger partial charge in [0.05, 0.1) is 11.3 Å². The first-order valence-electron chi connectivity index (χ1n) is 14.1. The minimum Gasteiger partial charge on any atom is -0.479 e. The summed E-state index contributed by atoms with van der Waals surface area (Å²) in [7, 11) is 0. The summed E-state index contributed by atoms with van der Waals surface area (Å²) in [5.74, 6) is -0.552. The first-order valence-corrected chi connectivity index (χ1v) is 14.1. The lowest BCUT2D eigenvalue weighted by atomic mass is 9.92. The van der Waals surface area contributed by atoms with Crippen molar-refractivity contribution in [3.63, 3.8) is 0 Å². The number of aryl methyl sites for hydroxylation is 2. The molecule has 1 amide bonds. The molecule has 2 bridgehead atoms. The number of carboxylic acids is 1. The van der Waals surface area contributed by atoms with Gasteiger partial charge in [0.1, 0.15) is 0 Å². The number of benzene rings is 2. The molecule has 0 spiro atoms. The summed E-state index contributed by atoms with van der Waals surface area (Å²) < 4.78 is 6.17. The van der Waals surface area contributed by atoms with E-state index in [1.807, 2.05) is 89.2 Å². The van der Waals surface area contributed by atoms with E-state index in [0.29, 0.717) is 35.3 Å². The summed E-state index contributed by atoms with van der Waals surface area (Å²) in [6.45, 7) is 10.8. The van der Waals surface area contributed by atoms with E-state index in [2.05, 4.69) is 10.2 Å². The maximum Gasteiger partial charge on any atom is 0.337 e. The number of aromatic nitrogens is 1. The molecule has 5 rings (SSSR count). The largest absolute Gasteiger partial charge is 0.479 e. The van der Waals surface area contributed by atoms with Crippen LogP contribution in [0.3, 0.4) is 0 Å². The normalized spacial score (nSPS) is 19.1. The van der Waals surface area contributed by atoms with Crippen molar-refractivity contribution in [3.8, 4) is 11.1 Å². The number of carbonyl (C=O) groups excluding carboxylic acids is 1. The highest BCUT2D eigenvalue weighted by Gasteiger charge is 2.42. The maximum atomic E-state index is 12.9. The molecule has 1 aromatic heterocycles. The highest BCUT2D eigenvalue weighted by Crippen LogP contribution is 2.48. The number of carboxylic acid groups (broad SMARTS) is 1.